The molecule has 5 nitrogen and oxygen atoms in total. The molecule has 5 heteroatoms. The quantitative estimate of drug-likeness (QED) is 0.595. The smallest absolute Gasteiger partial charge is 0.251 e. The molecule has 0 fully saturated rings. The maximum absolute atomic E-state index is 12.3. The Morgan fingerprint density at radius 3 is 2.07 bits per heavy atom. The normalized spacial score (nSPS) is 10.3. The fourth-order valence-electron chi connectivity index (χ4n) is 2.96. The van der Waals surface area contributed by atoms with Crippen LogP contribution in [0.2, 0.25) is 0 Å². The molecule has 3 rings (SSSR count). The number of carbonyl (C=O) groups excluding carboxylic acids is 2. The van der Waals surface area contributed by atoms with E-state index in [1.807, 2.05) is 48.5 Å². The van der Waals surface area contributed by atoms with Gasteiger partial charge < -0.3 is 15.4 Å². The summed E-state index contributed by atoms with van der Waals surface area (Å²) in [6.45, 7) is 4.95. The SMILES string of the molecule is CC(=O)NCc1ccc(C(=O)NCc2ccc(OCc3cccc(C)c3)cc2)cc1. The summed E-state index contributed by atoms with van der Waals surface area (Å²) >= 11 is 0. The van der Waals surface area contributed by atoms with Crippen molar-refractivity contribution in [2.45, 2.75) is 33.5 Å². The molecule has 2 N–H and O–H groups in total. The maximum Gasteiger partial charge on any atom is 0.251 e. The van der Waals surface area contributed by atoms with Gasteiger partial charge in [0.1, 0.15) is 12.4 Å². The van der Waals surface area contributed by atoms with E-state index in [9.17, 15) is 9.59 Å². The van der Waals surface area contributed by atoms with E-state index >= 15 is 0 Å². The van der Waals surface area contributed by atoms with E-state index in [0.29, 0.717) is 25.3 Å². The van der Waals surface area contributed by atoms with Crippen LogP contribution in [0.5, 0.6) is 5.75 Å². The summed E-state index contributed by atoms with van der Waals surface area (Å²) in [7, 11) is 0. The maximum atomic E-state index is 12.3. The Morgan fingerprint density at radius 2 is 1.43 bits per heavy atom. The number of hydrogen-bond donors (Lipinski definition) is 2. The van der Waals surface area contributed by atoms with Gasteiger partial charge in [-0.05, 0) is 47.9 Å². The zero-order valence-corrected chi connectivity index (χ0v) is 17.3. The molecule has 154 valence electrons. The van der Waals surface area contributed by atoms with E-state index in [1.54, 1.807) is 12.1 Å². The predicted molar refractivity (Wildman–Crippen MR) is 117 cm³/mol. The first-order chi connectivity index (χ1) is 14.5. The van der Waals surface area contributed by atoms with Crippen LogP contribution in [-0.4, -0.2) is 11.8 Å². The van der Waals surface area contributed by atoms with Crippen LogP contribution in [0.3, 0.4) is 0 Å². The van der Waals surface area contributed by atoms with Crippen molar-refractivity contribution in [2.75, 3.05) is 0 Å². The molecule has 0 bridgehead atoms. The largest absolute Gasteiger partial charge is 0.489 e. The van der Waals surface area contributed by atoms with Gasteiger partial charge in [-0.2, -0.15) is 0 Å². The molecule has 0 spiro atoms. The van der Waals surface area contributed by atoms with Gasteiger partial charge in [0.15, 0.2) is 0 Å². The summed E-state index contributed by atoms with van der Waals surface area (Å²) in [5.74, 6) is 0.575. The molecule has 30 heavy (non-hydrogen) atoms. The average Bonchev–Trinajstić information content (AvgIpc) is 2.76. The predicted octanol–water partition coefficient (Wildman–Crippen LogP) is 4.14. The first-order valence-corrected chi connectivity index (χ1v) is 9.88. The van der Waals surface area contributed by atoms with Crippen molar-refractivity contribution >= 4 is 11.8 Å². The van der Waals surface area contributed by atoms with Crippen LogP contribution in [0.25, 0.3) is 0 Å². The second-order valence-corrected chi connectivity index (χ2v) is 7.21. The Morgan fingerprint density at radius 1 is 0.800 bits per heavy atom. The molecule has 0 atom stereocenters. The highest BCUT2D eigenvalue weighted by atomic mass is 16.5. The number of ether oxygens (including phenoxy) is 1. The second-order valence-electron chi connectivity index (χ2n) is 7.21. The Kier molecular flexibility index (Phi) is 7.22. The summed E-state index contributed by atoms with van der Waals surface area (Å²) in [5, 5.41) is 5.65. The zero-order chi connectivity index (χ0) is 21.3. The molecule has 0 unspecified atom stereocenters. The Balaban J connectivity index is 1.47. The van der Waals surface area contributed by atoms with Crippen LogP contribution in [0, 0.1) is 6.92 Å². The average molecular weight is 402 g/mol. The number of aryl methyl sites for hydroxylation is 1. The summed E-state index contributed by atoms with van der Waals surface area (Å²) in [6.07, 6.45) is 0. The second kappa shape index (κ2) is 10.3. The Labute approximate surface area is 177 Å². The van der Waals surface area contributed by atoms with Crippen LogP contribution in [0.1, 0.15) is 39.5 Å². The van der Waals surface area contributed by atoms with Gasteiger partial charge in [-0.3, -0.25) is 9.59 Å². The minimum absolute atomic E-state index is 0.0802. The first kappa shape index (κ1) is 21.1. The van der Waals surface area contributed by atoms with Gasteiger partial charge in [-0.25, -0.2) is 0 Å². The van der Waals surface area contributed by atoms with E-state index in [-0.39, 0.29) is 11.8 Å². The topological polar surface area (TPSA) is 67.4 Å². The number of carbonyl (C=O) groups is 2. The molecule has 0 aliphatic rings. The molecule has 3 aromatic carbocycles. The lowest BCUT2D eigenvalue weighted by molar-refractivity contribution is -0.119. The molecular formula is C25H26N2O3. The van der Waals surface area contributed by atoms with E-state index < -0.39 is 0 Å². The molecule has 0 aliphatic carbocycles. The van der Waals surface area contributed by atoms with Crippen molar-refractivity contribution in [1.82, 2.24) is 10.6 Å². The minimum Gasteiger partial charge on any atom is -0.489 e. The summed E-state index contributed by atoms with van der Waals surface area (Å²) in [6, 6.07) is 23.1. The molecule has 0 heterocycles. The molecule has 0 aliphatic heterocycles. The highest BCUT2D eigenvalue weighted by Gasteiger charge is 2.06. The summed E-state index contributed by atoms with van der Waals surface area (Å²) in [4.78, 5) is 23.3. The van der Waals surface area contributed by atoms with Gasteiger partial charge in [-0.15, -0.1) is 0 Å². The molecule has 0 saturated carbocycles. The third-order valence-electron chi connectivity index (χ3n) is 4.62. The van der Waals surface area contributed by atoms with Gasteiger partial charge in [0.25, 0.3) is 5.91 Å². The molecule has 0 aromatic heterocycles. The van der Waals surface area contributed by atoms with Crippen molar-refractivity contribution in [2.24, 2.45) is 0 Å². The molecular weight excluding hydrogens is 376 g/mol. The monoisotopic (exact) mass is 402 g/mol. The van der Waals surface area contributed by atoms with Gasteiger partial charge in [0.2, 0.25) is 5.91 Å². The number of hydrogen-bond acceptors (Lipinski definition) is 3. The van der Waals surface area contributed by atoms with Crippen molar-refractivity contribution in [3.05, 3.63) is 101 Å². The van der Waals surface area contributed by atoms with Crippen molar-refractivity contribution in [3.8, 4) is 5.75 Å². The van der Waals surface area contributed by atoms with E-state index in [1.165, 1.54) is 12.5 Å². The van der Waals surface area contributed by atoms with Gasteiger partial charge in [0, 0.05) is 25.6 Å². The highest BCUT2D eigenvalue weighted by molar-refractivity contribution is 5.94. The van der Waals surface area contributed by atoms with Crippen molar-refractivity contribution < 1.29 is 14.3 Å². The van der Waals surface area contributed by atoms with Crippen molar-refractivity contribution in [3.63, 3.8) is 0 Å². The van der Waals surface area contributed by atoms with Crippen LogP contribution in [0.15, 0.2) is 72.8 Å². The third-order valence-corrected chi connectivity index (χ3v) is 4.62. The number of nitrogens with one attached hydrogen (secondary N) is 2. The van der Waals surface area contributed by atoms with Crippen molar-refractivity contribution in [1.29, 1.82) is 0 Å². The Hall–Kier alpha value is -3.60. The standard InChI is InChI=1S/C25H26N2O3/c1-18-4-3-5-22(14-18)17-30-24-12-8-21(9-13-24)16-27-25(29)23-10-6-20(7-11-23)15-26-19(2)28/h3-14H,15-17H2,1-2H3,(H,26,28)(H,27,29). The molecule has 3 aromatic rings. The summed E-state index contributed by atoms with van der Waals surface area (Å²) in [5.41, 5.74) is 4.87. The van der Waals surface area contributed by atoms with Crippen LogP contribution in [0.4, 0.5) is 0 Å². The number of amides is 2. The fourth-order valence-corrected chi connectivity index (χ4v) is 2.96. The number of benzene rings is 3. The number of rotatable bonds is 8. The molecule has 0 saturated heterocycles. The first-order valence-electron chi connectivity index (χ1n) is 9.88. The van der Waals surface area contributed by atoms with E-state index in [0.717, 1.165) is 22.4 Å². The van der Waals surface area contributed by atoms with Crippen LogP contribution in [-0.2, 0) is 24.5 Å². The fraction of sp³-hybridized carbons (Fsp3) is 0.200. The lowest BCUT2D eigenvalue weighted by Gasteiger charge is -2.09. The van der Waals surface area contributed by atoms with Gasteiger partial charge in [0.05, 0.1) is 0 Å². The van der Waals surface area contributed by atoms with E-state index in [4.69, 9.17) is 4.74 Å². The van der Waals surface area contributed by atoms with Gasteiger partial charge >= 0.3 is 0 Å². The van der Waals surface area contributed by atoms with Gasteiger partial charge in [-0.1, -0.05) is 54.1 Å². The van der Waals surface area contributed by atoms with E-state index in [2.05, 4.69) is 29.7 Å². The lowest BCUT2D eigenvalue weighted by Crippen LogP contribution is -2.23. The minimum atomic E-state index is -0.138. The van der Waals surface area contributed by atoms with Crippen LogP contribution < -0.4 is 15.4 Å². The van der Waals surface area contributed by atoms with Crippen LogP contribution >= 0.6 is 0 Å². The Bertz CT molecular complexity index is 996. The lowest BCUT2D eigenvalue weighted by atomic mass is 10.1. The molecule has 2 amide bonds. The highest BCUT2D eigenvalue weighted by Crippen LogP contribution is 2.15. The summed E-state index contributed by atoms with van der Waals surface area (Å²) < 4.78 is 5.83. The molecule has 0 radical (unpaired) electrons. The zero-order valence-electron chi connectivity index (χ0n) is 17.3. The third kappa shape index (κ3) is 6.48.